The van der Waals surface area contributed by atoms with Crippen molar-refractivity contribution in [2.45, 2.75) is 27.2 Å². The minimum absolute atomic E-state index is 0.457. The fourth-order valence-electron chi connectivity index (χ4n) is 1.62. The summed E-state index contributed by atoms with van der Waals surface area (Å²) in [6.45, 7) is 6.30. The van der Waals surface area contributed by atoms with Crippen molar-refractivity contribution in [2.75, 3.05) is 5.88 Å². The molecule has 0 saturated heterocycles. The van der Waals surface area contributed by atoms with E-state index in [1.807, 2.05) is 18.7 Å². The molecule has 1 aromatic rings. The van der Waals surface area contributed by atoms with Crippen molar-refractivity contribution in [1.29, 1.82) is 0 Å². The first-order valence-corrected chi connectivity index (χ1v) is 6.12. The zero-order valence-electron chi connectivity index (χ0n) is 9.72. The first kappa shape index (κ1) is 12.9. The maximum Gasteiger partial charge on any atom is 0.0847 e. The predicted molar refractivity (Wildman–Crippen MR) is 65.7 cm³/mol. The number of nitrogens with zero attached hydrogens (tertiary/aromatic N) is 2. The highest BCUT2D eigenvalue weighted by molar-refractivity contribution is 6.31. The van der Waals surface area contributed by atoms with Crippen molar-refractivity contribution in [3.05, 3.63) is 16.4 Å². The molecule has 86 valence electrons. The van der Waals surface area contributed by atoms with E-state index in [4.69, 9.17) is 23.2 Å². The van der Waals surface area contributed by atoms with Gasteiger partial charge in [-0.3, -0.25) is 4.68 Å². The highest BCUT2D eigenvalue weighted by Crippen LogP contribution is 2.25. The van der Waals surface area contributed by atoms with Gasteiger partial charge in [0.25, 0.3) is 0 Å². The molecule has 1 atom stereocenters. The van der Waals surface area contributed by atoms with Gasteiger partial charge in [0.15, 0.2) is 0 Å². The van der Waals surface area contributed by atoms with Crippen molar-refractivity contribution in [3.63, 3.8) is 0 Å². The second-order valence-electron chi connectivity index (χ2n) is 4.33. The second-order valence-corrected chi connectivity index (χ2v) is 5.02. The van der Waals surface area contributed by atoms with E-state index in [0.29, 0.717) is 17.7 Å². The van der Waals surface area contributed by atoms with Crippen LogP contribution in [0.25, 0.3) is 0 Å². The van der Waals surface area contributed by atoms with E-state index in [1.165, 1.54) is 0 Å². The summed E-state index contributed by atoms with van der Waals surface area (Å²) in [5.74, 6) is 1.69. The smallest absolute Gasteiger partial charge is 0.0847 e. The summed E-state index contributed by atoms with van der Waals surface area (Å²) in [6, 6.07) is 0. The minimum Gasteiger partial charge on any atom is -0.271 e. The third-order valence-corrected chi connectivity index (χ3v) is 3.75. The number of aryl methyl sites for hydroxylation is 2. The first-order chi connectivity index (χ1) is 6.97. The van der Waals surface area contributed by atoms with Gasteiger partial charge in [-0.2, -0.15) is 5.10 Å². The molecule has 0 fully saturated rings. The first-order valence-electron chi connectivity index (χ1n) is 5.21. The van der Waals surface area contributed by atoms with Crippen LogP contribution in [0.5, 0.6) is 0 Å². The molecule has 0 N–H and O–H groups in total. The third kappa shape index (κ3) is 2.88. The second kappa shape index (κ2) is 5.22. The van der Waals surface area contributed by atoms with Gasteiger partial charge in [-0.15, -0.1) is 11.6 Å². The molecule has 15 heavy (non-hydrogen) atoms. The Bertz CT molecular complexity index is 332. The van der Waals surface area contributed by atoms with Crippen LogP contribution in [-0.4, -0.2) is 15.7 Å². The zero-order chi connectivity index (χ0) is 11.6. The monoisotopic (exact) mass is 248 g/mol. The summed E-state index contributed by atoms with van der Waals surface area (Å²) in [6.07, 6.45) is 0.900. The van der Waals surface area contributed by atoms with Crippen LogP contribution in [0.2, 0.25) is 5.02 Å². The zero-order valence-corrected chi connectivity index (χ0v) is 11.2. The summed E-state index contributed by atoms with van der Waals surface area (Å²) in [5.41, 5.74) is 1.99. The van der Waals surface area contributed by atoms with E-state index < -0.39 is 0 Å². The predicted octanol–water partition coefficient (Wildman–Crippen LogP) is 3.44. The van der Waals surface area contributed by atoms with Crippen LogP contribution in [0, 0.1) is 18.8 Å². The van der Waals surface area contributed by atoms with Gasteiger partial charge < -0.3 is 0 Å². The summed E-state index contributed by atoms with van der Waals surface area (Å²) in [7, 11) is 1.93. The Morgan fingerprint density at radius 2 is 2.00 bits per heavy atom. The standard InChI is InChI=1S/C11H18Cl2N2/c1-7(2)9(6-12)5-10-11(13)8(3)14-15(10)4/h7,9H,5-6H2,1-4H3. The number of hydrogen-bond donors (Lipinski definition) is 0. The molecular formula is C11H18Cl2N2. The van der Waals surface area contributed by atoms with Crippen LogP contribution >= 0.6 is 23.2 Å². The van der Waals surface area contributed by atoms with Crippen LogP contribution in [0.1, 0.15) is 25.2 Å². The molecule has 2 nitrogen and oxygen atoms in total. The molecular weight excluding hydrogens is 231 g/mol. The fourth-order valence-corrected chi connectivity index (χ4v) is 2.32. The molecule has 1 heterocycles. The topological polar surface area (TPSA) is 17.8 Å². The van der Waals surface area contributed by atoms with Crippen LogP contribution in [-0.2, 0) is 13.5 Å². The Balaban J connectivity index is 2.88. The number of hydrogen-bond acceptors (Lipinski definition) is 1. The Morgan fingerprint density at radius 1 is 1.40 bits per heavy atom. The van der Waals surface area contributed by atoms with Gasteiger partial charge in [0.05, 0.1) is 16.4 Å². The lowest BCUT2D eigenvalue weighted by atomic mass is 9.93. The number of halogens is 2. The van der Waals surface area contributed by atoms with E-state index in [0.717, 1.165) is 22.8 Å². The Hall–Kier alpha value is -0.210. The van der Waals surface area contributed by atoms with Gasteiger partial charge >= 0.3 is 0 Å². The van der Waals surface area contributed by atoms with Gasteiger partial charge in [0, 0.05) is 12.9 Å². The van der Waals surface area contributed by atoms with Crippen molar-refractivity contribution in [2.24, 2.45) is 18.9 Å². The number of alkyl halides is 1. The van der Waals surface area contributed by atoms with Crippen molar-refractivity contribution in [3.8, 4) is 0 Å². The molecule has 0 aliphatic carbocycles. The SMILES string of the molecule is Cc1nn(C)c(CC(CCl)C(C)C)c1Cl. The lowest BCUT2D eigenvalue weighted by Gasteiger charge is -2.17. The van der Waals surface area contributed by atoms with Crippen molar-refractivity contribution >= 4 is 23.2 Å². The lowest BCUT2D eigenvalue weighted by Crippen LogP contribution is -2.16. The van der Waals surface area contributed by atoms with Crippen molar-refractivity contribution in [1.82, 2.24) is 9.78 Å². The molecule has 1 unspecified atom stereocenters. The minimum atomic E-state index is 0.457. The molecule has 0 bridgehead atoms. The average Bonchev–Trinajstić information content (AvgIpc) is 2.39. The summed E-state index contributed by atoms with van der Waals surface area (Å²) < 4.78 is 1.86. The maximum absolute atomic E-state index is 6.19. The molecule has 0 saturated carbocycles. The van der Waals surface area contributed by atoms with Gasteiger partial charge in [-0.05, 0) is 25.2 Å². The lowest BCUT2D eigenvalue weighted by molar-refractivity contribution is 0.412. The van der Waals surface area contributed by atoms with Gasteiger partial charge in [0.1, 0.15) is 0 Å². The highest BCUT2D eigenvalue weighted by Gasteiger charge is 2.18. The maximum atomic E-state index is 6.19. The van der Waals surface area contributed by atoms with Crippen LogP contribution in [0.15, 0.2) is 0 Å². The molecule has 1 rings (SSSR count). The highest BCUT2D eigenvalue weighted by atomic mass is 35.5. The molecule has 0 aliphatic heterocycles. The van der Waals surface area contributed by atoms with Crippen LogP contribution in [0.4, 0.5) is 0 Å². The van der Waals surface area contributed by atoms with Crippen molar-refractivity contribution < 1.29 is 0 Å². The Kier molecular flexibility index (Phi) is 4.47. The van der Waals surface area contributed by atoms with Gasteiger partial charge in [-0.25, -0.2) is 0 Å². The normalized spacial score (nSPS) is 13.5. The summed E-state index contributed by atoms with van der Waals surface area (Å²) >= 11 is 12.1. The molecule has 0 spiro atoms. The number of rotatable bonds is 4. The van der Waals surface area contributed by atoms with Gasteiger partial charge in [-0.1, -0.05) is 25.4 Å². The largest absolute Gasteiger partial charge is 0.271 e. The van der Waals surface area contributed by atoms with E-state index in [9.17, 15) is 0 Å². The van der Waals surface area contributed by atoms with E-state index >= 15 is 0 Å². The fraction of sp³-hybridized carbons (Fsp3) is 0.727. The molecule has 0 amide bonds. The van der Waals surface area contributed by atoms with Crippen LogP contribution < -0.4 is 0 Å². The Labute approximate surface area is 102 Å². The van der Waals surface area contributed by atoms with E-state index in [1.54, 1.807) is 0 Å². The van der Waals surface area contributed by atoms with Crippen LogP contribution in [0.3, 0.4) is 0 Å². The van der Waals surface area contributed by atoms with Gasteiger partial charge in [0.2, 0.25) is 0 Å². The quantitative estimate of drug-likeness (QED) is 0.747. The van der Waals surface area contributed by atoms with E-state index in [2.05, 4.69) is 18.9 Å². The van der Waals surface area contributed by atoms with E-state index in [-0.39, 0.29) is 0 Å². The molecule has 0 radical (unpaired) electrons. The summed E-state index contributed by atoms with van der Waals surface area (Å²) in [4.78, 5) is 0. The molecule has 1 aromatic heterocycles. The molecule has 0 aliphatic rings. The summed E-state index contributed by atoms with van der Waals surface area (Å²) in [5, 5.41) is 5.08. The average molecular weight is 249 g/mol. The molecule has 4 heteroatoms. The third-order valence-electron chi connectivity index (χ3n) is 2.86. The Morgan fingerprint density at radius 3 is 2.33 bits per heavy atom. The number of aromatic nitrogens is 2. The molecule has 0 aromatic carbocycles.